The summed E-state index contributed by atoms with van der Waals surface area (Å²) in [5.74, 6) is -6.44. The van der Waals surface area contributed by atoms with Crippen molar-refractivity contribution in [1.29, 1.82) is 0 Å². The maximum Gasteiger partial charge on any atom is 0.326 e. The van der Waals surface area contributed by atoms with Crippen molar-refractivity contribution in [3.8, 4) is 0 Å². The van der Waals surface area contributed by atoms with Gasteiger partial charge in [-0.2, -0.15) is 0 Å². The zero-order valence-electron chi connectivity index (χ0n) is 22.6. The number of aliphatic imine (C=N–C) groups is 2. The predicted octanol–water partition coefficient (Wildman–Crippen LogP) is -4.91. The molecule has 41 heavy (non-hydrogen) atoms. The van der Waals surface area contributed by atoms with Gasteiger partial charge < -0.3 is 60.6 Å². The van der Waals surface area contributed by atoms with E-state index in [1.165, 1.54) is 0 Å². The van der Waals surface area contributed by atoms with Gasteiger partial charge in [0.05, 0.1) is 6.04 Å². The molecule has 0 aromatic rings. The Morgan fingerprint density at radius 2 is 1.05 bits per heavy atom. The van der Waals surface area contributed by atoms with Crippen molar-refractivity contribution in [1.82, 2.24) is 16.0 Å². The number of aliphatic carboxylic acids is 2. The number of nitrogens with two attached hydrogens (primary N) is 6. The van der Waals surface area contributed by atoms with Crippen LogP contribution in [-0.4, -0.2) is 95.0 Å². The molecule has 4 unspecified atom stereocenters. The third-order valence-corrected chi connectivity index (χ3v) is 5.46. The van der Waals surface area contributed by atoms with Crippen LogP contribution in [0.25, 0.3) is 0 Å². The molecule has 0 radical (unpaired) electrons. The summed E-state index contributed by atoms with van der Waals surface area (Å²) in [6, 6.07) is -5.36. The second-order valence-corrected chi connectivity index (χ2v) is 8.96. The maximum absolute atomic E-state index is 13.1. The zero-order chi connectivity index (χ0) is 31.5. The number of carboxylic acids is 2. The number of carbonyl (C=O) groups is 6. The summed E-state index contributed by atoms with van der Waals surface area (Å²) in [6.07, 6.45) is -0.933. The fourth-order valence-electron chi connectivity index (χ4n) is 3.33. The summed E-state index contributed by atoms with van der Waals surface area (Å²) < 4.78 is 0. The molecule has 17 N–H and O–H groups in total. The Morgan fingerprint density at radius 3 is 1.49 bits per heavy atom. The minimum absolute atomic E-state index is 0.0736. The number of carbonyl (C=O) groups excluding carboxylic acids is 4. The monoisotopic (exact) mass is 587 g/mol. The highest BCUT2D eigenvalue weighted by Gasteiger charge is 2.30. The Hall–Kier alpha value is -4.68. The summed E-state index contributed by atoms with van der Waals surface area (Å²) in [6.45, 7) is 0.305. The van der Waals surface area contributed by atoms with Gasteiger partial charge in [0.25, 0.3) is 0 Å². The van der Waals surface area contributed by atoms with Crippen molar-refractivity contribution in [3.05, 3.63) is 0 Å². The highest BCUT2D eigenvalue weighted by Crippen LogP contribution is 2.06. The largest absolute Gasteiger partial charge is 0.481 e. The fourth-order valence-corrected chi connectivity index (χ4v) is 3.33. The lowest BCUT2D eigenvalue weighted by molar-refractivity contribution is -0.143. The normalized spacial score (nSPS) is 13.4. The molecule has 0 saturated heterocycles. The molecule has 0 aromatic carbocycles. The molecule has 0 spiro atoms. The second-order valence-electron chi connectivity index (χ2n) is 8.96. The molecule has 0 rings (SSSR count). The number of nitrogens with one attached hydrogen (secondary N) is 3. The lowest BCUT2D eigenvalue weighted by atomic mass is 10.0. The number of guanidine groups is 2. The Labute approximate surface area is 235 Å². The van der Waals surface area contributed by atoms with Crippen LogP contribution in [0.5, 0.6) is 0 Å². The van der Waals surface area contributed by atoms with E-state index < -0.39 is 72.6 Å². The minimum Gasteiger partial charge on any atom is -0.481 e. The van der Waals surface area contributed by atoms with Gasteiger partial charge in [0.1, 0.15) is 18.1 Å². The molecule has 0 aromatic heterocycles. The van der Waals surface area contributed by atoms with Crippen LogP contribution in [0.1, 0.15) is 51.4 Å². The van der Waals surface area contributed by atoms with Crippen LogP contribution < -0.4 is 50.4 Å². The van der Waals surface area contributed by atoms with Crippen LogP contribution in [-0.2, 0) is 28.8 Å². The minimum atomic E-state index is -1.50. The van der Waals surface area contributed by atoms with Crippen molar-refractivity contribution in [2.24, 2.45) is 44.4 Å². The molecule has 0 aliphatic carbocycles. The Morgan fingerprint density at radius 1 is 0.610 bits per heavy atom. The van der Waals surface area contributed by atoms with Crippen LogP contribution in [0.2, 0.25) is 0 Å². The van der Waals surface area contributed by atoms with Crippen LogP contribution in [0.15, 0.2) is 9.98 Å². The molecule has 232 valence electrons. The number of nitrogens with zero attached hydrogens (tertiary/aromatic N) is 2. The molecule has 4 atom stereocenters. The first-order chi connectivity index (χ1) is 19.1. The van der Waals surface area contributed by atoms with E-state index in [1.807, 2.05) is 0 Å². The highest BCUT2D eigenvalue weighted by molar-refractivity contribution is 5.94. The van der Waals surface area contributed by atoms with Crippen molar-refractivity contribution in [3.63, 3.8) is 0 Å². The van der Waals surface area contributed by atoms with E-state index in [-0.39, 0.29) is 57.1 Å². The van der Waals surface area contributed by atoms with Crippen molar-refractivity contribution < 1.29 is 39.0 Å². The van der Waals surface area contributed by atoms with Crippen LogP contribution in [0.4, 0.5) is 0 Å². The van der Waals surface area contributed by atoms with E-state index in [1.54, 1.807) is 0 Å². The van der Waals surface area contributed by atoms with E-state index in [0.717, 1.165) is 0 Å². The van der Waals surface area contributed by atoms with Gasteiger partial charge in [-0.05, 0) is 38.5 Å². The van der Waals surface area contributed by atoms with Gasteiger partial charge in [0, 0.05) is 25.9 Å². The molecule has 0 heterocycles. The van der Waals surface area contributed by atoms with Crippen molar-refractivity contribution in [2.75, 3.05) is 13.1 Å². The third-order valence-electron chi connectivity index (χ3n) is 5.46. The standard InChI is InChI=1S/C22H41N11O8/c23-11(3-1-9-29-21(25)26)17(37)31-12(5-7-15(24)34)18(38)32-13(6-8-16(35)36)19(39)33-14(20(40)41)4-2-10-30-22(27)28/h11-14H,1-10,23H2,(H2,24,34)(H,31,37)(H,32,38)(H,33,39)(H,35,36)(H,40,41)(H4,25,26,29)(H4,27,28,30). The summed E-state index contributed by atoms with van der Waals surface area (Å²) in [4.78, 5) is 80.1. The molecule has 19 nitrogen and oxygen atoms in total. The lowest BCUT2D eigenvalue weighted by Crippen LogP contribution is -2.57. The number of carboxylic acid groups (broad SMARTS) is 2. The topological polar surface area (TPSA) is 360 Å². The number of primary amides is 1. The summed E-state index contributed by atoms with van der Waals surface area (Å²) in [5, 5.41) is 25.5. The molecule has 0 aliphatic heterocycles. The first-order valence-corrected chi connectivity index (χ1v) is 12.6. The summed E-state index contributed by atoms with van der Waals surface area (Å²) in [5.41, 5.74) is 31.9. The fraction of sp³-hybridized carbons (Fsp3) is 0.636. The molecule has 0 bridgehead atoms. The van der Waals surface area contributed by atoms with E-state index >= 15 is 0 Å². The number of amides is 4. The molecule has 4 amide bonds. The van der Waals surface area contributed by atoms with Gasteiger partial charge in [-0.15, -0.1) is 0 Å². The van der Waals surface area contributed by atoms with Gasteiger partial charge >= 0.3 is 11.9 Å². The third kappa shape index (κ3) is 17.5. The van der Waals surface area contributed by atoms with Crippen LogP contribution in [0.3, 0.4) is 0 Å². The molecule has 19 heteroatoms. The van der Waals surface area contributed by atoms with Crippen molar-refractivity contribution >= 4 is 47.5 Å². The number of hydrogen-bond acceptors (Lipinski definition) is 9. The Bertz CT molecular complexity index is 981. The van der Waals surface area contributed by atoms with Gasteiger partial charge in [-0.1, -0.05) is 0 Å². The van der Waals surface area contributed by atoms with E-state index in [4.69, 9.17) is 39.5 Å². The van der Waals surface area contributed by atoms with Gasteiger partial charge in [0.15, 0.2) is 11.9 Å². The van der Waals surface area contributed by atoms with Gasteiger partial charge in [0.2, 0.25) is 23.6 Å². The average molecular weight is 588 g/mol. The van der Waals surface area contributed by atoms with E-state index in [0.29, 0.717) is 6.42 Å². The first-order valence-electron chi connectivity index (χ1n) is 12.6. The zero-order valence-corrected chi connectivity index (χ0v) is 22.6. The van der Waals surface area contributed by atoms with Gasteiger partial charge in [-0.25, -0.2) is 4.79 Å². The van der Waals surface area contributed by atoms with Crippen LogP contribution >= 0.6 is 0 Å². The van der Waals surface area contributed by atoms with E-state index in [9.17, 15) is 33.9 Å². The smallest absolute Gasteiger partial charge is 0.326 e. The van der Waals surface area contributed by atoms with Crippen LogP contribution in [0, 0.1) is 0 Å². The van der Waals surface area contributed by atoms with E-state index in [2.05, 4.69) is 25.9 Å². The van der Waals surface area contributed by atoms with Gasteiger partial charge in [-0.3, -0.25) is 34.0 Å². The second kappa shape index (κ2) is 19.4. The SMILES string of the molecule is NC(=O)CCC(NC(=O)C(N)CCCN=C(N)N)C(=O)NC(CCC(=O)O)C(=O)NC(CCCN=C(N)N)C(=O)O. The Kier molecular flexibility index (Phi) is 17.2. The number of hydrogen-bond donors (Lipinski definition) is 11. The molecule has 0 fully saturated rings. The first kappa shape index (κ1) is 36.3. The average Bonchev–Trinajstić information content (AvgIpc) is 2.87. The molecule has 0 aliphatic rings. The predicted molar refractivity (Wildman–Crippen MR) is 147 cm³/mol. The quantitative estimate of drug-likeness (QED) is 0.0341. The highest BCUT2D eigenvalue weighted by atomic mass is 16.4. The molecular weight excluding hydrogens is 546 g/mol. The maximum atomic E-state index is 13.1. The summed E-state index contributed by atoms with van der Waals surface area (Å²) in [7, 11) is 0. The Balaban J connectivity index is 5.58. The summed E-state index contributed by atoms with van der Waals surface area (Å²) >= 11 is 0. The lowest BCUT2D eigenvalue weighted by Gasteiger charge is -2.25. The number of rotatable bonds is 21. The molecule has 0 saturated carbocycles. The van der Waals surface area contributed by atoms with Crippen molar-refractivity contribution in [2.45, 2.75) is 75.5 Å². The molecular formula is C22H41N11O8.